The van der Waals surface area contributed by atoms with Gasteiger partial charge in [-0.05, 0) is 49.7 Å². The van der Waals surface area contributed by atoms with Crippen LogP contribution in [0.3, 0.4) is 0 Å². The number of benzene rings is 1. The van der Waals surface area contributed by atoms with Gasteiger partial charge in [-0.2, -0.15) is 0 Å². The number of unbranched alkanes of at least 4 members (excludes halogenated alkanes) is 1. The zero-order chi connectivity index (χ0) is 21.6. The highest BCUT2D eigenvalue weighted by Gasteiger charge is 2.19. The maximum Gasteiger partial charge on any atom is 0.319 e. The number of methoxy groups -OCH3 is 1. The van der Waals surface area contributed by atoms with Crippen LogP contribution in [0.25, 0.3) is 5.52 Å². The molecule has 0 radical (unpaired) electrons. The number of anilines is 2. The number of carbonyl (C=O) groups is 1. The summed E-state index contributed by atoms with van der Waals surface area (Å²) < 4.78 is 7.51. The Hall–Kier alpha value is -3.19. The molecule has 0 atom stereocenters. The molecule has 2 N–H and O–H groups in total. The zero-order valence-corrected chi connectivity index (χ0v) is 18.1. The molecule has 1 aliphatic rings. The van der Waals surface area contributed by atoms with Crippen LogP contribution in [0, 0.1) is 0 Å². The normalized spacial score (nSPS) is 14.7. The molecule has 164 valence electrons. The fraction of sp³-hybridized carbons (Fsp3) is 0.375. The van der Waals surface area contributed by atoms with Crippen molar-refractivity contribution in [1.82, 2.24) is 9.30 Å². The summed E-state index contributed by atoms with van der Waals surface area (Å²) >= 11 is 0. The van der Waals surface area contributed by atoms with E-state index in [9.17, 15) is 4.79 Å². The van der Waals surface area contributed by atoms with Crippen LogP contribution in [0.5, 0.6) is 5.75 Å². The summed E-state index contributed by atoms with van der Waals surface area (Å²) in [6.07, 6.45) is 5.88. The van der Waals surface area contributed by atoms with Crippen molar-refractivity contribution < 1.29 is 9.53 Å². The number of piperazine rings is 1. The van der Waals surface area contributed by atoms with Crippen molar-refractivity contribution in [2.24, 2.45) is 5.73 Å². The molecule has 7 nitrogen and oxygen atoms in total. The number of hydrogen-bond acceptors (Lipinski definition) is 4. The maximum atomic E-state index is 12.0. The highest BCUT2D eigenvalue weighted by atomic mass is 16.5. The molecule has 2 amide bonds. The SMILES string of the molecule is COc1ccccc1N1CCN(CCCCN(C(N)=O)c2cc3ccccn3c2)CC1. The monoisotopic (exact) mass is 421 g/mol. The van der Waals surface area contributed by atoms with Gasteiger partial charge in [0.15, 0.2) is 0 Å². The second-order valence-corrected chi connectivity index (χ2v) is 7.93. The van der Waals surface area contributed by atoms with Crippen LogP contribution in [0.15, 0.2) is 60.9 Å². The minimum Gasteiger partial charge on any atom is -0.495 e. The minimum absolute atomic E-state index is 0.402. The van der Waals surface area contributed by atoms with E-state index in [-0.39, 0.29) is 0 Å². The summed E-state index contributed by atoms with van der Waals surface area (Å²) in [6, 6.07) is 15.8. The van der Waals surface area contributed by atoms with Gasteiger partial charge in [0.1, 0.15) is 5.75 Å². The van der Waals surface area contributed by atoms with Gasteiger partial charge < -0.3 is 19.8 Å². The van der Waals surface area contributed by atoms with Gasteiger partial charge >= 0.3 is 6.03 Å². The Bertz CT molecular complexity index is 977. The molecule has 0 spiro atoms. The number of amides is 2. The molecule has 1 aromatic carbocycles. The Morgan fingerprint density at radius 3 is 2.58 bits per heavy atom. The van der Waals surface area contributed by atoms with E-state index >= 15 is 0 Å². The van der Waals surface area contributed by atoms with Crippen LogP contribution >= 0.6 is 0 Å². The average Bonchev–Trinajstić information content (AvgIpc) is 3.23. The Morgan fingerprint density at radius 2 is 1.84 bits per heavy atom. The Kier molecular flexibility index (Phi) is 6.62. The lowest BCUT2D eigenvalue weighted by Crippen LogP contribution is -2.46. The number of nitrogens with zero attached hydrogens (tertiary/aromatic N) is 4. The number of hydrogen-bond donors (Lipinski definition) is 1. The van der Waals surface area contributed by atoms with Gasteiger partial charge in [-0.3, -0.25) is 9.80 Å². The van der Waals surface area contributed by atoms with Crippen molar-refractivity contribution in [3.63, 3.8) is 0 Å². The number of fused-ring (bicyclic) bond motifs is 1. The first-order valence-corrected chi connectivity index (χ1v) is 10.9. The quantitative estimate of drug-likeness (QED) is 0.566. The molecule has 31 heavy (non-hydrogen) atoms. The van der Waals surface area contributed by atoms with E-state index in [0.29, 0.717) is 6.54 Å². The molecule has 4 rings (SSSR count). The third kappa shape index (κ3) is 4.94. The Labute approximate surface area is 183 Å². The smallest absolute Gasteiger partial charge is 0.319 e. The third-order valence-corrected chi connectivity index (χ3v) is 5.97. The van der Waals surface area contributed by atoms with Gasteiger partial charge in [-0.1, -0.05) is 18.2 Å². The van der Waals surface area contributed by atoms with Crippen LogP contribution in [-0.4, -0.2) is 61.7 Å². The van der Waals surface area contributed by atoms with Gasteiger partial charge in [-0.25, -0.2) is 4.79 Å². The Balaban J connectivity index is 1.24. The molecule has 1 saturated heterocycles. The molecule has 1 fully saturated rings. The number of pyridine rings is 1. The predicted molar refractivity (Wildman–Crippen MR) is 125 cm³/mol. The van der Waals surface area contributed by atoms with E-state index in [0.717, 1.165) is 62.5 Å². The number of urea groups is 1. The number of rotatable bonds is 8. The van der Waals surface area contributed by atoms with E-state index in [1.165, 1.54) is 5.69 Å². The molecule has 0 saturated carbocycles. The largest absolute Gasteiger partial charge is 0.495 e. The summed E-state index contributed by atoms with van der Waals surface area (Å²) in [5.74, 6) is 0.931. The molecular weight excluding hydrogens is 390 g/mol. The van der Waals surface area contributed by atoms with Crippen molar-refractivity contribution in [3.05, 3.63) is 60.9 Å². The van der Waals surface area contributed by atoms with Gasteiger partial charge in [0, 0.05) is 50.6 Å². The highest BCUT2D eigenvalue weighted by Crippen LogP contribution is 2.28. The van der Waals surface area contributed by atoms with Gasteiger partial charge in [0.25, 0.3) is 0 Å². The van der Waals surface area contributed by atoms with Gasteiger partial charge in [0.05, 0.1) is 18.5 Å². The molecule has 0 aliphatic carbocycles. The van der Waals surface area contributed by atoms with Gasteiger partial charge in [0.2, 0.25) is 0 Å². The number of ether oxygens (including phenoxy) is 1. The lowest BCUT2D eigenvalue weighted by Gasteiger charge is -2.36. The Morgan fingerprint density at radius 1 is 1.06 bits per heavy atom. The number of para-hydroxylation sites is 2. The maximum absolute atomic E-state index is 12.0. The zero-order valence-electron chi connectivity index (χ0n) is 18.1. The van der Waals surface area contributed by atoms with E-state index in [1.54, 1.807) is 12.0 Å². The van der Waals surface area contributed by atoms with E-state index < -0.39 is 6.03 Å². The number of aromatic nitrogens is 1. The van der Waals surface area contributed by atoms with E-state index in [2.05, 4.69) is 21.9 Å². The first kappa shape index (κ1) is 21.1. The molecule has 7 heteroatoms. The van der Waals surface area contributed by atoms with Crippen LogP contribution in [0.2, 0.25) is 0 Å². The second-order valence-electron chi connectivity index (χ2n) is 7.93. The van der Waals surface area contributed by atoms with Gasteiger partial charge in [-0.15, -0.1) is 0 Å². The minimum atomic E-state index is -0.402. The average molecular weight is 422 g/mol. The van der Waals surface area contributed by atoms with Crippen LogP contribution in [0.1, 0.15) is 12.8 Å². The van der Waals surface area contributed by atoms with Crippen molar-refractivity contribution in [3.8, 4) is 5.75 Å². The fourth-order valence-electron chi connectivity index (χ4n) is 4.26. The van der Waals surface area contributed by atoms with Crippen molar-refractivity contribution >= 4 is 22.9 Å². The molecular formula is C24H31N5O2. The first-order valence-electron chi connectivity index (χ1n) is 10.9. The summed E-state index contributed by atoms with van der Waals surface area (Å²) in [5.41, 5.74) is 8.73. The fourth-order valence-corrected chi connectivity index (χ4v) is 4.26. The van der Waals surface area contributed by atoms with E-state index in [4.69, 9.17) is 10.5 Å². The first-order chi connectivity index (χ1) is 15.2. The van der Waals surface area contributed by atoms with Crippen molar-refractivity contribution in [2.45, 2.75) is 12.8 Å². The highest BCUT2D eigenvalue weighted by molar-refractivity contribution is 5.91. The number of nitrogens with two attached hydrogens (primary N) is 1. The van der Waals surface area contributed by atoms with Crippen LogP contribution in [0.4, 0.5) is 16.2 Å². The topological polar surface area (TPSA) is 66.5 Å². The molecule has 3 aromatic rings. The van der Waals surface area contributed by atoms with Crippen LogP contribution in [-0.2, 0) is 0 Å². The molecule has 0 unspecified atom stereocenters. The molecule has 3 heterocycles. The summed E-state index contributed by atoms with van der Waals surface area (Å²) in [6.45, 7) is 5.71. The standard InChI is InChI=1S/C24H31N5O2/c1-31-23-10-3-2-9-22(23)27-16-14-26(15-17-27)11-6-7-13-29(24(25)30)21-18-20-8-4-5-12-28(20)19-21/h2-5,8-10,12,18-19H,6-7,11,13-17H2,1H3,(H2,25,30). The molecule has 2 aromatic heterocycles. The predicted octanol–water partition coefficient (Wildman–Crippen LogP) is 3.44. The van der Waals surface area contributed by atoms with Crippen LogP contribution < -0.4 is 20.3 Å². The van der Waals surface area contributed by atoms with E-state index in [1.807, 2.05) is 53.2 Å². The summed E-state index contributed by atoms with van der Waals surface area (Å²) in [4.78, 5) is 18.6. The lowest BCUT2D eigenvalue weighted by molar-refractivity contribution is 0.248. The number of carbonyl (C=O) groups excluding carboxylic acids is 1. The lowest BCUT2D eigenvalue weighted by atomic mass is 10.2. The molecule has 1 aliphatic heterocycles. The second kappa shape index (κ2) is 9.75. The summed E-state index contributed by atoms with van der Waals surface area (Å²) in [5, 5.41) is 0. The summed E-state index contributed by atoms with van der Waals surface area (Å²) in [7, 11) is 1.72. The number of primary amides is 1. The van der Waals surface area contributed by atoms with Crippen molar-refractivity contribution in [2.75, 3.05) is 56.2 Å². The third-order valence-electron chi connectivity index (χ3n) is 5.97. The molecule has 0 bridgehead atoms. The van der Waals surface area contributed by atoms with Crippen molar-refractivity contribution in [1.29, 1.82) is 0 Å².